The quantitative estimate of drug-likeness (QED) is 0.305. The number of rotatable bonds is 6. The van der Waals surface area contributed by atoms with Crippen LogP contribution in [0.15, 0.2) is 54.1 Å². The maximum atomic E-state index is 6.56. The maximum absolute atomic E-state index is 6.56. The van der Waals surface area contributed by atoms with Gasteiger partial charge in [-0.2, -0.15) is 0 Å². The van der Waals surface area contributed by atoms with Gasteiger partial charge in [-0.3, -0.25) is 0 Å². The van der Waals surface area contributed by atoms with Gasteiger partial charge in [-0.05, 0) is 105 Å². The lowest BCUT2D eigenvalue weighted by Crippen LogP contribution is -2.51. The predicted octanol–water partition coefficient (Wildman–Crippen LogP) is 9.61. The molecular formula is C40H56O4. The molecule has 0 N–H and O–H groups in total. The Morgan fingerprint density at radius 3 is 2.50 bits per heavy atom. The van der Waals surface area contributed by atoms with E-state index in [4.69, 9.17) is 18.9 Å². The molecular weight excluding hydrogens is 544 g/mol. The molecule has 4 nitrogen and oxygen atoms in total. The van der Waals surface area contributed by atoms with Crippen molar-refractivity contribution in [1.29, 1.82) is 0 Å². The molecule has 5 fully saturated rings. The molecule has 0 radical (unpaired) electrons. The molecule has 7 atom stereocenters. The van der Waals surface area contributed by atoms with Crippen molar-refractivity contribution in [2.75, 3.05) is 26.4 Å². The minimum Gasteiger partial charge on any atom is -0.353 e. The van der Waals surface area contributed by atoms with Gasteiger partial charge in [0.25, 0.3) is 0 Å². The largest absolute Gasteiger partial charge is 0.353 e. The van der Waals surface area contributed by atoms with Crippen molar-refractivity contribution in [1.82, 2.24) is 0 Å². The molecule has 0 aromatic heterocycles. The smallest absolute Gasteiger partial charge is 0.169 e. The fourth-order valence-corrected chi connectivity index (χ4v) is 10.1. The molecule has 44 heavy (non-hydrogen) atoms. The average Bonchev–Trinajstić information content (AvgIpc) is 3.36. The van der Waals surface area contributed by atoms with Crippen molar-refractivity contribution in [2.24, 2.45) is 34.5 Å². The van der Waals surface area contributed by atoms with Crippen LogP contribution in [0.1, 0.15) is 115 Å². The van der Waals surface area contributed by atoms with Crippen LogP contribution in [0.2, 0.25) is 0 Å². The Kier molecular flexibility index (Phi) is 8.53. The summed E-state index contributed by atoms with van der Waals surface area (Å²) in [6.45, 7) is 16.6. The predicted molar refractivity (Wildman–Crippen MR) is 177 cm³/mol. The summed E-state index contributed by atoms with van der Waals surface area (Å²) in [5, 5.41) is 0. The zero-order valence-corrected chi connectivity index (χ0v) is 27.9. The Balaban J connectivity index is 1.16. The van der Waals surface area contributed by atoms with E-state index in [0.717, 1.165) is 63.4 Å². The summed E-state index contributed by atoms with van der Waals surface area (Å²) in [6, 6.07) is 9.46. The molecule has 0 bridgehead atoms. The number of allylic oxidation sites excluding steroid dienone is 4. The summed E-state index contributed by atoms with van der Waals surface area (Å²) in [5.41, 5.74) is 7.90. The highest BCUT2D eigenvalue weighted by atomic mass is 16.7. The van der Waals surface area contributed by atoms with E-state index in [1.807, 2.05) is 5.57 Å². The molecule has 0 amide bonds. The third-order valence-electron chi connectivity index (χ3n) is 12.6. The SMILES string of the molecule is C=C(C)c1ccc([C@H]2C[C@]3(C)C(/C=C\COC4CCCCO4)CC[C@H]3[C@@H]3CC[C@H]4CC5(CCC4=C32)OCC(C)(C)CO5)cc1. The first-order chi connectivity index (χ1) is 21.2. The molecule has 1 aromatic rings. The summed E-state index contributed by atoms with van der Waals surface area (Å²) < 4.78 is 25.0. The fraction of sp³-hybridized carbons (Fsp3) is 0.700. The second kappa shape index (κ2) is 12.1. The van der Waals surface area contributed by atoms with Crippen molar-refractivity contribution in [2.45, 2.75) is 116 Å². The molecule has 3 saturated carbocycles. The summed E-state index contributed by atoms with van der Waals surface area (Å²) in [4.78, 5) is 0. The van der Waals surface area contributed by atoms with E-state index in [1.54, 1.807) is 5.57 Å². The van der Waals surface area contributed by atoms with E-state index < -0.39 is 0 Å². The highest BCUT2D eigenvalue weighted by Crippen LogP contribution is 2.66. The van der Waals surface area contributed by atoms with Gasteiger partial charge in [-0.25, -0.2) is 0 Å². The van der Waals surface area contributed by atoms with E-state index in [1.165, 1.54) is 49.7 Å². The van der Waals surface area contributed by atoms with Gasteiger partial charge in [0.05, 0.1) is 19.8 Å². The van der Waals surface area contributed by atoms with Crippen molar-refractivity contribution in [3.8, 4) is 0 Å². The Hall–Kier alpha value is -1.72. The number of fused-ring (bicyclic) bond motifs is 4. The Bertz CT molecular complexity index is 1260. The average molecular weight is 601 g/mol. The number of ether oxygens (including phenoxy) is 4. The summed E-state index contributed by atoms with van der Waals surface area (Å²) in [7, 11) is 0. The number of hydrogen-bond acceptors (Lipinski definition) is 4. The molecule has 1 aromatic carbocycles. The van der Waals surface area contributed by atoms with Crippen LogP contribution in [0.5, 0.6) is 0 Å². The zero-order valence-electron chi connectivity index (χ0n) is 27.9. The van der Waals surface area contributed by atoms with Crippen LogP contribution in [0.4, 0.5) is 0 Å². The monoisotopic (exact) mass is 600 g/mol. The standard InChI is InChI=1S/C40H56O4/c1-27(2)28-11-13-29(14-12-28)34-24-39(5)31(9-8-22-42-36-10-6-7-21-41-36)16-18-35(39)33-17-15-30-23-40(20-19-32(30)37(33)34)43-25-38(3,4)26-44-40/h8-9,11-14,30-31,33-36H,1,6-7,10,15-26H2,2-5H3/b9-8-/t30-,31?,33-,34+,35-,36?,39+/m0/s1. The molecule has 1 spiro atoms. The highest BCUT2D eigenvalue weighted by Gasteiger charge is 2.57. The van der Waals surface area contributed by atoms with E-state index in [2.05, 4.69) is 70.7 Å². The minimum absolute atomic E-state index is 0.0172. The highest BCUT2D eigenvalue weighted by molar-refractivity contribution is 5.61. The lowest BCUT2D eigenvalue weighted by atomic mass is 9.51. The molecule has 2 heterocycles. The lowest BCUT2D eigenvalue weighted by Gasteiger charge is -2.55. The van der Waals surface area contributed by atoms with Gasteiger partial charge in [0.15, 0.2) is 12.1 Å². The fourth-order valence-electron chi connectivity index (χ4n) is 10.1. The van der Waals surface area contributed by atoms with Crippen LogP contribution >= 0.6 is 0 Å². The maximum Gasteiger partial charge on any atom is 0.169 e. The van der Waals surface area contributed by atoms with Crippen LogP contribution in [-0.2, 0) is 18.9 Å². The Labute approximate surface area is 266 Å². The summed E-state index contributed by atoms with van der Waals surface area (Å²) in [5.74, 6) is 2.76. The van der Waals surface area contributed by atoms with Gasteiger partial charge < -0.3 is 18.9 Å². The first-order valence-electron chi connectivity index (χ1n) is 17.8. The molecule has 7 rings (SSSR count). The van der Waals surface area contributed by atoms with Gasteiger partial charge in [0.2, 0.25) is 0 Å². The molecule has 2 saturated heterocycles. The van der Waals surface area contributed by atoms with Gasteiger partial charge in [-0.15, -0.1) is 0 Å². The second-order valence-electron chi connectivity index (χ2n) is 16.2. The normalized spacial score (nSPS) is 37.9. The zero-order chi connectivity index (χ0) is 30.5. The number of benzene rings is 1. The Morgan fingerprint density at radius 2 is 1.77 bits per heavy atom. The summed E-state index contributed by atoms with van der Waals surface area (Å²) in [6.07, 6.45) is 17.9. The lowest BCUT2D eigenvalue weighted by molar-refractivity contribution is -0.312. The third-order valence-corrected chi connectivity index (χ3v) is 12.6. The van der Waals surface area contributed by atoms with Crippen LogP contribution in [0, 0.1) is 34.5 Å². The van der Waals surface area contributed by atoms with Crippen molar-refractivity contribution < 1.29 is 18.9 Å². The van der Waals surface area contributed by atoms with Crippen LogP contribution in [-0.4, -0.2) is 38.5 Å². The number of hydrogen-bond donors (Lipinski definition) is 0. The van der Waals surface area contributed by atoms with E-state index in [-0.39, 0.29) is 17.5 Å². The minimum atomic E-state index is -0.368. The van der Waals surface area contributed by atoms with Gasteiger partial charge >= 0.3 is 0 Å². The summed E-state index contributed by atoms with van der Waals surface area (Å²) >= 11 is 0. The van der Waals surface area contributed by atoms with Gasteiger partial charge in [0, 0.05) is 30.8 Å². The van der Waals surface area contributed by atoms with E-state index in [0.29, 0.717) is 35.7 Å². The van der Waals surface area contributed by atoms with Crippen LogP contribution < -0.4 is 0 Å². The third kappa shape index (κ3) is 5.83. The molecule has 240 valence electrons. The first kappa shape index (κ1) is 30.9. The van der Waals surface area contributed by atoms with Gasteiger partial charge in [0.1, 0.15) is 0 Å². The topological polar surface area (TPSA) is 36.9 Å². The first-order valence-corrected chi connectivity index (χ1v) is 17.8. The van der Waals surface area contributed by atoms with Crippen molar-refractivity contribution >= 4 is 5.57 Å². The van der Waals surface area contributed by atoms with Gasteiger partial charge in [-0.1, -0.05) is 80.5 Å². The van der Waals surface area contributed by atoms with E-state index >= 15 is 0 Å². The van der Waals surface area contributed by atoms with Crippen LogP contribution in [0.3, 0.4) is 0 Å². The Morgan fingerprint density at radius 1 is 0.977 bits per heavy atom. The molecule has 4 aliphatic carbocycles. The molecule has 6 aliphatic rings. The molecule has 2 aliphatic heterocycles. The second-order valence-corrected chi connectivity index (χ2v) is 16.2. The van der Waals surface area contributed by atoms with Crippen LogP contribution in [0.25, 0.3) is 5.57 Å². The molecule has 2 unspecified atom stereocenters. The van der Waals surface area contributed by atoms with E-state index in [9.17, 15) is 0 Å². The van der Waals surface area contributed by atoms with Crippen molar-refractivity contribution in [3.05, 3.63) is 65.3 Å². The van der Waals surface area contributed by atoms with Crippen molar-refractivity contribution in [3.63, 3.8) is 0 Å². The molecule has 4 heteroatoms.